The van der Waals surface area contributed by atoms with Gasteiger partial charge in [0.15, 0.2) is 28.8 Å². The molecule has 0 radical (unpaired) electrons. The summed E-state index contributed by atoms with van der Waals surface area (Å²) in [5.74, 6) is 1.94. The minimum absolute atomic E-state index is 0.0189. The second-order valence-corrected chi connectivity index (χ2v) is 7.31. The quantitative estimate of drug-likeness (QED) is 0.237. The Morgan fingerprint density at radius 2 is 1.38 bits per heavy atom. The Morgan fingerprint density at radius 3 is 1.94 bits per heavy atom. The molecule has 9 heteroatoms. The molecule has 3 aromatic rings. The van der Waals surface area contributed by atoms with Crippen LogP contribution >= 0.6 is 0 Å². The highest BCUT2D eigenvalue weighted by molar-refractivity contribution is 5.97. The molecule has 3 rings (SSSR count). The number of rotatable bonds is 11. The third-order valence-electron chi connectivity index (χ3n) is 5.32. The van der Waals surface area contributed by atoms with E-state index in [9.17, 15) is 14.9 Å². The van der Waals surface area contributed by atoms with Gasteiger partial charge in [-0.15, -0.1) is 0 Å². The van der Waals surface area contributed by atoms with Crippen LogP contribution in [0.3, 0.4) is 0 Å². The number of hydrogen-bond donors (Lipinski definition) is 1. The molecule has 1 unspecified atom stereocenters. The Bertz CT molecular complexity index is 1160. The van der Waals surface area contributed by atoms with Gasteiger partial charge in [0.25, 0.3) is 5.69 Å². The SMILES string of the molecule is COc1ccc(C(=O)CC(Nc2ccc([N+](=O)[O-])cc2)c2ccc(OC)c(OC)c2)cc1OC. The maximum Gasteiger partial charge on any atom is 0.269 e. The van der Waals surface area contributed by atoms with Crippen LogP contribution in [0.25, 0.3) is 0 Å². The van der Waals surface area contributed by atoms with E-state index in [-0.39, 0.29) is 17.9 Å². The van der Waals surface area contributed by atoms with Gasteiger partial charge in [-0.1, -0.05) is 6.07 Å². The summed E-state index contributed by atoms with van der Waals surface area (Å²) in [5, 5.41) is 14.3. The van der Waals surface area contributed by atoms with Crippen LogP contribution in [0, 0.1) is 10.1 Å². The summed E-state index contributed by atoms with van der Waals surface area (Å²) < 4.78 is 21.3. The molecule has 178 valence electrons. The van der Waals surface area contributed by atoms with Gasteiger partial charge in [-0.25, -0.2) is 0 Å². The van der Waals surface area contributed by atoms with Gasteiger partial charge in [0, 0.05) is 29.8 Å². The Morgan fingerprint density at radius 1 is 0.824 bits per heavy atom. The lowest BCUT2D eigenvalue weighted by molar-refractivity contribution is -0.384. The number of methoxy groups -OCH3 is 4. The maximum absolute atomic E-state index is 13.2. The van der Waals surface area contributed by atoms with E-state index < -0.39 is 11.0 Å². The van der Waals surface area contributed by atoms with Crippen LogP contribution in [-0.4, -0.2) is 39.1 Å². The zero-order chi connectivity index (χ0) is 24.7. The highest BCUT2D eigenvalue weighted by Gasteiger charge is 2.21. The summed E-state index contributed by atoms with van der Waals surface area (Å²) in [5.41, 5.74) is 1.86. The molecule has 1 N–H and O–H groups in total. The lowest BCUT2D eigenvalue weighted by atomic mass is 9.96. The average Bonchev–Trinajstić information content (AvgIpc) is 2.87. The zero-order valence-corrected chi connectivity index (χ0v) is 19.4. The molecule has 0 bridgehead atoms. The van der Waals surface area contributed by atoms with Crippen molar-refractivity contribution in [2.75, 3.05) is 33.8 Å². The third kappa shape index (κ3) is 5.55. The number of nitro benzene ring substituents is 1. The van der Waals surface area contributed by atoms with Crippen LogP contribution in [-0.2, 0) is 0 Å². The predicted molar refractivity (Wildman–Crippen MR) is 127 cm³/mol. The fraction of sp³-hybridized carbons (Fsp3) is 0.240. The molecule has 9 nitrogen and oxygen atoms in total. The third-order valence-corrected chi connectivity index (χ3v) is 5.32. The molecule has 0 heterocycles. The smallest absolute Gasteiger partial charge is 0.269 e. The summed E-state index contributed by atoms with van der Waals surface area (Å²) in [6, 6.07) is 16.0. The molecule has 0 saturated heterocycles. The Hall–Kier alpha value is -4.27. The molecule has 0 aromatic heterocycles. The largest absolute Gasteiger partial charge is 0.493 e. The van der Waals surface area contributed by atoms with Gasteiger partial charge in [-0.2, -0.15) is 0 Å². The van der Waals surface area contributed by atoms with Crippen molar-refractivity contribution in [3.05, 3.63) is 81.9 Å². The van der Waals surface area contributed by atoms with Crippen molar-refractivity contribution in [3.63, 3.8) is 0 Å². The van der Waals surface area contributed by atoms with Crippen LogP contribution in [0.15, 0.2) is 60.7 Å². The van der Waals surface area contributed by atoms with Gasteiger partial charge in [0.05, 0.1) is 39.4 Å². The summed E-state index contributed by atoms with van der Waals surface area (Å²) in [4.78, 5) is 23.7. The first-order chi connectivity index (χ1) is 16.4. The number of ether oxygens (including phenoxy) is 4. The second kappa shape index (κ2) is 11.0. The zero-order valence-electron chi connectivity index (χ0n) is 19.4. The molecule has 0 saturated carbocycles. The standard InChI is InChI=1S/C25H26N2O7/c1-31-22-11-5-16(13-24(22)33-3)20(26-18-7-9-19(10-8-18)27(29)30)15-21(28)17-6-12-23(32-2)25(14-17)34-4/h5-14,20,26H,15H2,1-4H3. The molecule has 0 aliphatic rings. The summed E-state index contributed by atoms with van der Waals surface area (Å²) in [6.45, 7) is 0. The minimum Gasteiger partial charge on any atom is -0.493 e. The summed E-state index contributed by atoms with van der Waals surface area (Å²) in [6.07, 6.45) is 0.0992. The molecular weight excluding hydrogens is 440 g/mol. The van der Waals surface area contributed by atoms with E-state index in [1.165, 1.54) is 33.5 Å². The molecule has 0 amide bonds. The Kier molecular flexibility index (Phi) is 7.92. The number of anilines is 1. The van der Waals surface area contributed by atoms with Gasteiger partial charge in [-0.3, -0.25) is 14.9 Å². The first-order valence-corrected chi connectivity index (χ1v) is 10.4. The number of ketones is 1. The van der Waals surface area contributed by atoms with Crippen molar-refractivity contribution in [1.29, 1.82) is 0 Å². The average molecular weight is 466 g/mol. The number of nitro groups is 1. The summed E-state index contributed by atoms with van der Waals surface area (Å²) in [7, 11) is 6.12. The first kappa shape index (κ1) is 24.4. The molecular formula is C25H26N2O7. The number of carbonyl (C=O) groups is 1. The number of nitrogens with zero attached hydrogens (tertiary/aromatic N) is 1. The first-order valence-electron chi connectivity index (χ1n) is 10.4. The fourth-order valence-corrected chi connectivity index (χ4v) is 3.52. The van der Waals surface area contributed by atoms with Crippen molar-refractivity contribution in [2.24, 2.45) is 0 Å². The highest BCUT2D eigenvalue weighted by Crippen LogP contribution is 2.34. The van der Waals surface area contributed by atoms with Crippen molar-refractivity contribution < 1.29 is 28.7 Å². The van der Waals surface area contributed by atoms with Gasteiger partial charge in [0.1, 0.15) is 0 Å². The number of non-ortho nitro benzene ring substituents is 1. The van der Waals surface area contributed by atoms with Gasteiger partial charge >= 0.3 is 0 Å². The van der Waals surface area contributed by atoms with Gasteiger partial charge in [0.2, 0.25) is 0 Å². The van der Waals surface area contributed by atoms with Crippen molar-refractivity contribution in [1.82, 2.24) is 0 Å². The van der Waals surface area contributed by atoms with E-state index in [2.05, 4.69) is 5.32 Å². The van der Waals surface area contributed by atoms with Gasteiger partial charge < -0.3 is 24.3 Å². The van der Waals surface area contributed by atoms with Crippen LogP contribution in [0.4, 0.5) is 11.4 Å². The number of benzene rings is 3. The van der Waals surface area contributed by atoms with Gasteiger partial charge in [-0.05, 0) is 48.0 Å². The number of hydrogen-bond acceptors (Lipinski definition) is 8. The lowest BCUT2D eigenvalue weighted by Gasteiger charge is -2.21. The monoisotopic (exact) mass is 466 g/mol. The molecule has 0 fully saturated rings. The maximum atomic E-state index is 13.2. The van der Waals surface area contributed by atoms with Crippen LogP contribution in [0.2, 0.25) is 0 Å². The predicted octanol–water partition coefficient (Wildman–Crippen LogP) is 5.06. The minimum atomic E-state index is -0.462. The van der Waals surface area contributed by atoms with Crippen molar-refractivity contribution in [2.45, 2.75) is 12.5 Å². The lowest BCUT2D eigenvalue weighted by Crippen LogP contribution is -2.16. The van der Waals surface area contributed by atoms with E-state index in [0.717, 1.165) is 5.56 Å². The van der Waals surface area contributed by atoms with Crippen molar-refractivity contribution >= 4 is 17.2 Å². The van der Waals surface area contributed by atoms with E-state index in [1.807, 2.05) is 6.07 Å². The van der Waals surface area contributed by atoms with Crippen LogP contribution in [0.1, 0.15) is 28.4 Å². The summed E-state index contributed by atoms with van der Waals surface area (Å²) >= 11 is 0. The normalized spacial score (nSPS) is 11.3. The number of nitrogens with one attached hydrogen (secondary N) is 1. The van der Waals surface area contributed by atoms with Crippen LogP contribution in [0.5, 0.6) is 23.0 Å². The number of Topliss-reactive ketones (excluding diaryl/α,β-unsaturated/α-hetero) is 1. The second-order valence-electron chi connectivity index (χ2n) is 7.31. The van der Waals surface area contributed by atoms with E-state index in [0.29, 0.717) is 34.2 Å². The Labute approximate surface area is 197 Å². The van der Waals surface area contributed by atoms with E-state index >= 15 is 0 Å². The topological polar surface area (TPSA) is 109 Å². The van der Waals surface area contributed by atoms with E-state index in [1.54, 1.807) is 49.6 Å². The number of carbonyl (C=O) groups excluding carboxylic acids is 1. The molecule has 0 spiro atoms. The molecule has 3 aromatic carbocycles. The molecule has 1 atom stereocenters. The highest BCUT2D eigenvalue weighted by atomic mass is 16.6. The van der Waals surface area contributed by atoms with E-state index in [4.69, 9.17) is 18.9 Å². The van der Waals surface area contributed by atoms with Crippen LogP contribution < -0.4 is 24.3 Å². The molecule has 0 aliphatic carbocycles. The fourth-order valence-electron chi connectivity index (χ4n) is 3.52. The Balaban J connectivity index is 1.94. The van der Waals surface area contributed by atoms with Crippen molar-refractivity contribution in [3.8, 4) is 23.0 Å². The molecule has 0 aliphatic heterocycles. The molecule has 34 heavy (non-hydrogen) atoms.